The van der Waals surface area contributed by atoms with Crippen molar-refractivity contribution in [2.24, 2.45) is 11.8 Å². The third-order valence-electron chi connectivity index (χ3n) is 4.07. The van der Waals surface area contributed by atoms with Crippen molar-refractivity contribution in [3.05, 3.63) is 47.3 Å². The molecule has 1 aliphatic carbocycles. The smallest absolute Gasteiger partial charge is 0.307 e. The lowest BCUT2D eigenvalue weighted by molar-refractivity contribution is -0.139. The number of carbonyl (C=O) groups excluding carboxylic acids is 1. The Hall–Kier alpha value is -2.63. The number of carbonyl (C=O) groups is 2. The van der Waals surface area contributed by atoms with Crippen LogP contribution in [0.2, 0.25) is 0 Å². The molecule has 6 heteroatoms. The highest BCUT2D eigenvalue weighted by atomic mass is 16.4. The van der Waals surface area contributed by atoms with E-state index in [1.54, 1.807) is 6.07 Å². The third-order valence-corrected chi connectivity index (χ3v) is 4.07. The average Bonchev–Trinajstić information content (AvgIpc) is 3.22. The van der Waals surface area contributed by atoms with Crippen LogP contribution in [0, 0.1) is 25.7 Å². The van der Waals surface area contributed by atoms with Crippen LogP contribution in [-0.4, -0.2) is 26.8 Å². The summed E-state index contributed by atoms with van der Waals surface area (Å²) in [7, 11) is 0. The molecule has 0 bridgehead atoms. The summed E-state index contributed by atoms with van der Waals surface area (Å²) in [6, 6.07) is 9.57. The van der Waals surface area contributed by atoms with Gasteiger partial charge in [-0.2, -0.15) is 5.10 Å². The zero-order valence-corrected chi connectivity index (χ0v) is 13.1. The number of anilines is 1. The van der Waals surface area contributed by atoms with Crippen molar-refractivity contribution in [3.63, 3.8) is 0 Å². The maximum atomic E-state index is 12.0. The first-order valence-corrected chi connectivity index (χ1v) is 7.57. The molecule has 2 atom stereocenters. The van der Waals surface area contributed by atoms with Crippen LogP contribution in [0.3, 0.4) is 0 Å². The number of hydrogen-bond acceptors (Lipinski definition) is 3. The molecule has 1 fully saturated rings. The SMILES string of the molecule is Cc1cc(C)n(Cc2cccc(NC(=O)[C@@H]3C[C@@H]3C(=O)O)c2)n1. The van der Waals surface area contributed by atoms with E-state index in [1.165, 1.54) is 0 Å². The molecule has 1 amide bonds. The molecular weight excluding hydrogens is 294 g/mol. The number of carboxylic acid groups (broad SMARTS) is 1. The second-order valence-electron chi connectivity index (χ2n) is 6.06. The summed E-state index contributed by atoms with van der Waals surface area (Å²) in [5.74, 6) is -2.07. The van der Waals surface area contributed by atoms with Crippen LogP contribution in [0.5, 0.6) is 0 Å². The van der Waals surface area contributed by atoms with Gasteiger partial charge in [0.1, 0.15) is 0 Å². The molecule has 120 valence electrons. The molecule has 6 nitrogen and oxygen atoms in total. The molecule has 0 unspecified atom stereocenters. The normalized spacial score (nSPS) is 19.4. The number of amides is 1. The summed E-state index contributed by atoms with van der Waals surface area (Å²) in [5, 5.41) is 16.1. The van der Waals surface area contributed by atoms with Gasteiger partial charge in [-0.25, -0.2) is 0 Å². The quantitative estimate of drug-likeness (QED) is 0.886. The van der Waals surface area contributed by atoms with Crippen molar-refractivity contribution < 1.29 is 14.7 Å². The minimum absolute atomic E-state index is 0.222. The van der Waals surface area contributed by atoms with Crippen LogP contribution < -0.4 is 5.32 Å². The van der Waals surface area contributed by atoms with Gasteiger partial charge in [-0.3, -0.25) is 14.3 Å². The van der Waals surface area contributed by atoms with Crippen molar-refractivity contribution in [1.82, 2.24) is 9.78 Å². The zero-order chi connectivity index (χ0) is 16.6. The predicted molar refractivity (Wildman–Crippen MR) is 85.1 cm³/mol. The minimum Gasteiger partial charge on any atom is -0.481 e. The van der Waals surface area contributed by atoms with E-state index in [2.05, 4.69) is 10.4 Å². The summed E-state index contributed by atoms with van der Waals surface area (Å²) in [6.07, 6.45) is 0.423. The molecule has 0 radical (unpaired) electrons. The Morgan fingerprint density at radius 2 is 2.09 bits per heavy atom. The van der Waals surface area contributed by atoms with Gasteiger partial charge in [-0.05, 0) is 44.0 Å². The number of aliphatic carboxylic acids is 1. The Labute approximate surface area is 134 Å². The Balaban J connectivity index is 1.67. The second kappa shape index (κ2) is 5.87. The van der Waals surface area contributed by atoms with Gasteiger partial charge in [-0.1, -0.05) is 12.1 Å². The lowest BCUT2D eigenvalue weighted by atomic mass is 10.2. The monoisotopic (exact) mass is 313 g/mol. The fraction of sp³-hybridized carbons (Fsp3) is 0.353. The van der Waals surface area contributed by atoms with Crippen LogP contribution in [0.1, 0.15) is 23.4 Å². The van der Waals surface area contributed by atoms with Gasteiger partial charge < -0.3 is 10.4 Å². The number of nitrogens with zero attached hydrogens (tertiary/aromatic N) is 2. The van der Waals surface area contributed by atoms with Crippen LogP contribution >= 0.6 is 0 Å². The second-order valence-corrected chi connectivity index (χ2v) is 6.06. The van der Waals surface area contributed by atoms with E-state index in [0.29, 0.717) is 18.7 Å². The maximum Gasteiger partial charge on any atom is 0.307 e. The number of nitrogens with one attached hydrogen (secondary N) is 1. The van der Waals surface area contributed by atoms with Crippen molar-refractivity contribution >= 4 is 17.6 Å². The summed E-state index contributed by atoms with van der Waals surface area (Å²) in [6.45, 7) is 4.59. The molecule has 0 spiro atoms. The van der Waals surface area contributed by atoms with E-state index >= 15 is 0 Å². The Morgan fingerprint density at radius 1 is 1.30 bits per heavy atom. The van der Waals surface area contributed by atoms with Crippen molar-refractivity contribution in [1.29, 1.82) is 0 Å². The first-order chi connectivity index (χ1) is 10.9. The van der Waals surface area contributed by atoms with Gasteiger partial charge in [0.05, 0.1) is 24.1 Å². The van der Waals surface area contributed by atoms with Gasteiger partial charge in [0.2, 0.25) is 5.91 Å². The highest BCUT2D eigenvalue weighted by Gasteiger charge is 2.48. The van der Waals surface area contributed by atoms with Crippen LogP contribution in [0.4, 0.5) is 5.69 Å². The maximum absolute atomic E-state index is 12.0. The van der Waals surface area contributed by atoms with Crippen molar-refractivity contribution in [3.8, 4) is 0 Å². The number of benzene rings is 1. The van der Waals surface area contributed by atoms with Crippen LogP contribution in [0.25, 0.3) is 0 Å². The van der Waals surface area contributed by atoms with Gasteiger partial charge in [0, 0.05) is 11.4 Å². The largest absolute Gasteiger partial charge is 0.481 e. The van der Waals surface area contributed by atoms with Gasteiger partial charge in [0.15, 0.2) is 0 Å². The van der Waals surface area contributed by atoms with Crippen LogP contribution in [-0.2, 0) is 16.1 Å². The molecular formula is C17H19N3O3. The Morgan fingerprint density at radius 3 is 2.70 bits per heavy atom. The Bertz CT molecular complexity index is 766. The molecule has 2 N–H and O–H groups in total. The van der Waals surface area contributed by atoms with E-state index < -0.39 is 17.8 Å². The molecule has 1 aromatic carbocycles. The highest BCUT2D eigenvalue weighted by molar-refractivity contribution is 5.98. The number of hydrogen-bond donors (Lipinski definition) is 2. The topological polar surface area (TPSA) is 84.2 Å². The summed E-state index contributed by atoms with van der Waals surface area (Å²) in [4.78, 5) is 22.9. The molecule has 1 aromatic heterocycles. The fourth-order valence-electron chi connectivity index (χ4n) is 2.75. The summed E-state index contributed by atoms with van der Waals surface area (Å²) in [5.41, 5.74) is 3.77. The molecule has 3 rings (SSSR count). The standard InChI is InChI=1S/C17H19N3O3/c1-10-6-11(2)20(19-10)9-12-4-3-5-13(7-12)18-16(21)14-8-15(14)17(22)23/h3-7,14-15H,8-9H2,1-2H3,(H,18,21)(H,22,23)/t14-,15+/m1/s1. The van der Waals surface area contributed by atoms with Gasteiger partial charge in [-0.15, -0.1) is 0 Å². The molecule has 0 aliphatic heterocycles. The molecule has 23 heavy (non-hydrogen) atoms. The number of carboxylic acids is 1. The first-order valence-electron chi connectivity index (χ1n) is 7.57. The zero-order valence-electron chi connectivity index (χ0n) is 13.1. The van der Waals surface area contributed by atoms with E-state index in [9.17, 15) is 9.59 Å². The third kappa shape index (κ3) is 3.41. The van der Waals surface area contributed by atoms with E-state index in [1.807, 2.05) is 42.8 Å². The molecule has 1 heterocycles. The minimum atomic E-state index is -0.900. The molecule has 0 saturated heterocycles. The molecule has 1 saturated carbocycles. The predicted octanol–water partition coefficient (Wildman–Crippen LogP) is 2.21. The van der Waals surface area contributed by atoms with E-state index in [4.69, 9.17) is 5.11 Å². The lowest BCUT2D eigenvalue weighted by Gasteiger charge is -2.08. The van der Waals surface area contributed by atoms with E-state index in [0.717, 1.165) is 17.0 Å². The number of rotatable bonds is 5. The number of aromatic nitrogens is 2. The lowest BCUT2D eigenvalue weighted by Crippen LogP contribution is -2.17. The van der Waals surface area contributed by atoms with Crippen molar-refractivity contribution in [2.45, 2.75) is 26.8 Å². The first kappa shape index (κ1) is 15.3. The molecule has 1 aliphatic rings. The van der Waals surface area contributed by atoms with Crippen molar-refractivity contribution in [2.75, 3.05) is 5.32 Å². The average molecular weight is 313 g/mol. The molecule has 2 aromatic rings. The Kier molecular flexibility index (Phi) is 3.90. The summed E-state index contributed by atoms with van der Waals surface area (Å²) >= 11 is 0. The fourth-order valence-corrected chi connectivity index (χ4v) is 2.75. The highest BCUT2D eigenvalue weighted by Crippen LogP contribution is 2.39. The van der Waals surface area contributed by atoms with Gasteiger partial charge in [0.25, 0.3) is 0 Å². The number of aryl methyl sites for hydroxylation is 2. The van der Waals surface area contributed by atoms with Gasteiger partial charge >= 0.3 is 5.97 Å². The summed E-state index contributed by atoms with van der Waals surface area (Å²) < 4.78 is 1.91. The van der Waals surface area contributed by atoms with E-state index in [-0.39, 0.29) is 5.91 Å². The van der Waals surface area contributed by atoms with Crippen LogP contribution in [0.15, 0.2) is 30.3 Å².